The predicted octanol–water partition coefficient (Wildman–Crippen LogP) is 3.56. The van der Waals surface area contributed by atoms with Crippen LogP contribution in [0.25, 0.3) is 0 Å². The first-order valence-electron chi connectivity index (χ1n) is 5.44. The van der Waals surface area contributed by atoms with Gasteiger partial charge in [0.05, 0.1) is 12.2 Å². The molecule has 2 aromatic carbocycles. The Labute approximate surface area is 103 Å². The molecule has 2 aromatic rings. The number of aliphatic hydroxyl groups excluding tert-OH is 1. The van der Waals surface area contributed by atoms with E-state index in [1.165, 1.54) is 30.3 Å². The normalized spacial score (nSPS) is 10.4. The second kappa shape index (κ2) is 5.14. The van der Waals surface area contributed by atoms with Gasteiger partial charge in [-0.3, -0.25) is 0 Å². The van der Waals surface area contributed by atoms with Crippen LogP contribution in [-0.2, 0) is 6.61 Å². The van der Waals surface area contributed by atoms with E-state index in [1.807, 2.05) is 0 Å². The fourth-order valence-corrected chi connectivity index (χ4v) is 1.60. The first-order chi connectivity index (χ1) is 8.61. The molecule has 0 saturated carbocycles. The summed E-state index contributed by atoms with van der Waals surface area (Å²) in [6, 6.07) is 8.55. The lowest BCUT2D eigenvalue weighted by molar-refractivity contribution is 0.269. The van der Waals surface area contributed by atoms with E-state index in [1.54, 1.807) is 13.0 Å². The number of ether oxygens (including phenoxy) is 1. The zero-order valence-corrected chi connectivity index (χ0v) is 9.78. The molecular formula is C14H12F2O2. The van der Waals surface area contributed by atoms with Crippen molar-refractivity contribution in [3.05, 3.63) is 59.2 Å². The molecule has 1 N–H and O–H groups in total. The average Bonchev–Trinajstić information content (AvgIpc) is 2.34. The van der Waals surface area contributed by atoms with E-state index >= 15 is 0 Å². The second-order valence-corrected chi connectivity index (χ2v) is 3.91. The fraction of sp³-hybridized carbons (Fsp3) is 0.143. The second-order valence-electron chi connectivity index (χ2n) is 3.91. The highest BCUT2D eigenvalue weighted by molar-refractivity contribution is 5.39. The van der Waals surface area contributed by atoms with Crippen molar-refractivity contribution in [2.24, 2.45) is 0 Å². The van der Waals surface area contributed by atoms with Gasteiger partial charge in [-0.2, -0.15) is 0 Å². The first kappa shape index (κ1) is 12.5. The molecular weight excluding hydrogens is 238 g/mol. The predicted molar refractivity (Wildman–Crippen MR) is 63.5 cm³/mol. The summed E-state index contributed by atoms with van der Waals surface area (Å²) in [5, 5.41) is 9.09. The van der Waals surface area contributed by atoms with Crippen molar-refractivity contribution < 1.29 is 18.6 Å². The van der Waals surface area contributed by atoms with Crippen molar-refractivity contribution in [1.82, 2.24) is 0 Å². The lowest BCUT2D eigenvalue weighted by atomic mass is 10.2. The van der Waals surface area contributed by atoms with Gasteiger partial charge in [-0.05, 0) is 36.8 Å². The Morgan fingerprint density at radius 1 is 1.06 bits per heavy atom. The zero-order valence-electron chi connectivity index (χ0n) is 9.78. The van der Waals surface area contributed by atoms with Crippen LogP contribution in [0.3, 0.4) is 0 Å². The number of hydrogen-bond donors (Lipinski definition) is 1. The van der Waals surface area contributed by atoms with Gasteiger partial charge in [0.15, 0.2) is 11.6 Å². The van der Waals surface area contributed by atoms with Crippen LogP contribution in [-0.4, -0.2) is 5.11 Å². The van der Waals surface area contributed by atoms with Gasteiger partial charge in [-0.1, -0.05) is 12.1 Å². The summed E-state index contributed by atoms with van der Waals surface area (Å²) in [4.78, 5) is 0. The summed E-state index contributed by atoms with van der Waals surface area (Å²) < 4.78 is 32.2. The molecule has 0 amide bonds. The number of rotatable bonds is 3. The molecule has 2 rings (SSSR count). The molecule has 0 fully saturated rings. The van der Waals surface area contributed by atoms with Crippen LogP contribution in [0.1, 0.15) is 11.1 Å². The summed E-state index contributed by atoms with van der Waals surface area (Å²) in [7, 11) is 0. The maximum absolute atomic E-state index is 13.5. The third kappa shape index (κ3) is 2.49. The minimum absolute atomic E-state index is 0.00954. The number of benzene rings is 2. The van der Waals surface area contributed by atoms with E-state index in [0.29, 0.717) is 0 Å². The average molecular weight is 250 g/mol. The van der Waals surface area contributed by atoms with Gasteiger partial charge in [0.25, 0.3) is 0 Å². The number of hydrogen-bond acceptors (Lipinski definition) is 2. The Morgan fingerprint density at radius 2 is 1.83 bits per heavy atom. The Morgan fingerprint density at radius 3 is 2.56 bits per heavy atom. The largest absolute Gasteiger partial charge is 0.454 e. The highest BCUT2D eigenvalue weighted by atomic mass is 19.1. The molecule has 0 radical (unpaired) electrons. The van der Waals surface area contributed by atoms with Crippen LogP contribution in [0.4, 0.5) is 8.78 Å². The quantitative estimate of drug-likeness (QED) is 0.902. The van der Waals surface area contributed by atoms with E-state index in [2.05, 4.69) is 0 Å². The number of aliphatic hydroxyl groups is 1. The first-order valence-corrected chi connectivity index (χ1v) is 5.44. The Bertz CT molecular complexity index is 568. The molecule has 0 atom stereocenters. The summed E-state index contributed by atoms with van der Waals surface area (Å²) in [5.41, 5.74) is 0.840. The van der Waals surface area contributed by atoms with Crippen molar-refractivity contribution in [3.63, 3.8) is 0 Å². The fourth-order valence-electron chi connectivity index (χ4n) is 1.60. The molecule has 0 aliphatic heterocycles. The molecule has 18 heavy (non-hydrogen) atoms. The topological polar surface area (TPSA) is 29.5 Å². The van der Waals surface area contributed by atoms with Crippen molar-refractivity contribution in [2.45, 2.75) is 13.5 Å². The van der Waals surface area contributed by atoms with Crippen LogP contribution in [0.15, 0.2) is 36.4 Å². The van der Waals surface area contributed by atoms with Crippen LogP contribution < -0.4 is 4.74 Å². The summed E-state index contributed by atoms with van der Waals surface area (Å²) >= 11 is 0. The SMILES string of the molecule is Cc1ccc(F)c(Oc2cccc(F)c2CO)c1. The molecule has 2 nitrogen and oxygen atoms in total. The van der Waals surface area contributed by atoms with E-state index in [9.17, 15) is 8.78 Å². The molecule has 0 aliphatic carbocycles. The molecule has 0 heterocycles. The molecule has 0 spiro atoms. The summed E-state index contributed by atoms with van der Waals surface area (Å²) in [5.74, 6) is -0.992. The van der Waals surface area contributed by atoms with Crippen LogP contribution in [0.5, 0.6) is 11.5 Å². The van der Waals surface area contributed by atoms with Crippen molar-refractivity contribution in [3.8, 4) is 11.5 Å². The van der Waals surface area contributed by atoms with E-state index in [0.717, 1.165) is 5.56 Å². The molecule has 4 heteroatoms. The van der Waals surface area contributed by atoms with E-state index in [4.69, 9.17) is 9.84 Å². The van der Waals surface area contributed by atoms with Gasteiger partial charge in [-0.25, -0.2) is 8.78 Å². The Kier molecular flexibility index (Phi) is 3.58. The summed E-state index contributed by atoms with van der Waals surface area (Å²) in [6.45, 7) is 1.29. The highest BCUT2D eigenvalue weighted by Crippen LogP contribution is 2.29. The standard InChI is InChI=1S/C14H12F2O2/c1-9-5-6-12(16)14(7-9)18-13-4-2-3-11(15)10(13)8-17/h2-7,17H,8H2,1H3. The molecule has 0 saturated heterocycles. The van der Waals surface area contributed by atoms with Gasteiger partial charge >= 0.3 is 0 Å². The van der Waals surface area contributed by atoms with Gasteiger partial charge in [0.1, 0.15) is 11.6 Å². The van der Waals surface area contributed by atoms with Crippen molar-refractivity contribution in [1.29, 1.82) is 0 Å². The molecule has 94 valence electrons. The Balaban J connectivity index is 2.40. The third-order valence-electron chi connectivity index (χ3n) is 2.54. The molecule has 0 unspecified atom stereocenters. The maximum Gasteiger partial charge on any atom is 0.165 e. The number of aryl methyl sites for hydroxylation is 1. The van der Waals surface area contributed by atoms with Gasteiger partial charge in [0, 0.05) is 0 Å². The lowest BCUT2D eigenvalue weighted by Crippen LogP contribution is -1.97. The van der Waals surface area contributed by atoms with E-state index < -0.39 is 18.2 Å². The van der Waals surface area contributed by atoms with Crippen LogP contribution in [0, 0.1) is 18.6 Å². The highest BCUT2D eigenvalue weighted by Gasteiger charge is 2.11. The summed E-state index contributed by atoms with van der Waals surface area (Å²) in [6.07, 6.45) is 0. The smallest absolute Gasteiger partial charge is 0.165 e. The minimum Gasteiger partial charge on any atom is -0.454 e. The molecule has 0 aromatic heterocycles. The van der Waals surface area contributed by atoms with Crippen LogP contribution in [0.2, 0.25) is 0 Å². The Hall–Kier alpha value is -1.94. The maximum atomic E-state index is 13.5. The van der Waals surface area contributed by atoms with Crippen LogP contribution >= 0.6 is 0 Å². The van der Waals surface area contributed by atoms with Crippen molar-refractivity contribution in [2.75, 3.05) is 0 Å². The lowest BCUT2D eigenvalue weighted by Gasteiger charge is -2.11. The number of halogens is 2. The van der Waals surface area contributed by atoms with Gasteiger partial charge in [-0.15, -0.1) is 0 Å². The minimum atomic E-state index is -0.580. The monoisotopic (exact) mass is 250 g/mol. The van der Waals surface area contributed by atoms with Crippen molar-refractivity contribution >= 4 is 0 Å². The van der Waals surface area contributed by atoms with Gasteiger partial charge < -0.3 is 9.84 Å². The molecule has 0 aliphatic rings. The molecule has 0 bridgehead atoms. The van der Waals surface area contributed by atoms with E-state index in [-0.39, 0.29) is 17.1 Å². The third-order valence-corrected chi connectivity index (χ3v) is 2.54. The van der Waals surface area contributed by atoms with Gasteiger partial charge in [0.2, 0.25) is 0 Å². The zero-order chi connectivity index (χ0) is 13.1.